The number of rotatable bonds is 4. The third-order valence-electron chi connectivity index (χ3n) is 2.09. The molecule has 0 fully saturated rings. The largest absolute Gasteiger partial charge is 0.478 e. The number of halogens is 2. The van der Waals surface area contributed by atoms with E-state index in [9.17, 15) is 19.4 Å². The maximum Gasteiger partial charge on any atom is 0.336 e. The van der Waals surface area contributed by atoms with Crippen molar-refractivity contribution in [1.82, 2.24) is 0 Å². The van der Waals surface area contributed by atoms with E-state index in [0.717, 1.165) is 18.2 Å². The van der Waals surface area contributed by atoms with Gasteiger partial charge in [0.2, 0.25) is 0 Å². The van der Waals surface area contributed by atoms with Crippen LogP contribution >= 0.6 is 15.9 Å². The molecule has 1 aromatic rings. The Morgan fingerprint density at radius 3 is 2.56 bits per heavy atom. The standard InChI is InChI=1S/C10H10BrFO4/c11-4-8(13)9(14)6-2-1-5(12)3-7(6)10(15)16/h1-3,8-9,13-14H,4H2,(H,15,16). The van der Waals surface area contributed by atoms with Gasteiger partial charge >= 0.3 is 5.97 Å². The van der Waals surface area contributed by atoms with Crippen LogP contribution in [0.25, 0.3) is 0 Å². The summed E-state index contributed by atoms with van der Waals surface area (Å²) >= 11 is 2.96. The Labute approximate surface area is 99.5 Å². The Hall–Kier alpha value is -0.980. The molecule has 0 aliphatic heterocycles. The van der Waals surface area contributed by atoms with Gasteiger partial charge in [-0.3, -0.25) is 0 Å². The van der Waals surface area contributed by atoms with Gasteiger partial charge in [-0.2, -0.15) is 0 Å². The van der Waals surface area contributed by atoms with Crippen LogP contribution in [-0.4, -0.2) is 32.7 Å². The molecule has 0 amide bonds. The first-order valence-electron chi connectivity index (χ1n) is 4.42. The van der Waals surface area contributed by atoms with Crippen LogP contribution in [0.5, 0.6) is 0 Å². The number of carboxylic acids is 1. The zero-order valence-corrected chi connectivity index (χ0v) is 9.69. The molecule has 4 nitrogen and oxygen atoms in total. The van der Waals surface area contributed by atoms with Crippen molar-refractivity contribution in [2.24, 2.45) is 0 Å². The molecule has 88 valence electrons. The molecule has 0 spiro atoms. The Bertz CT molecular complexity index is 396. The second kappa shape index (κ2) is 5.38. The molecular weight excluding hydrogens is 283 g/mol. The number of benzene rings is 1. The van der Waals surface area contributed by atoms with E-state index in [-0.39, 0.29) is 16.5 Å². The molecule has 0 saturated carbocycles. The Morgan fingerprint density at radius 1 is 1.44 bits per heavy atom. The van der Waals surface area contributed by atoms with Gasteiger partial charge in [-0.1, -0.05) is 22.0 Å². The molecule has 0 aromatic heterocycles. The van der Waals surface area contributed by atoms with Crippen LogP contribution in [0, 0.1) is 5.82 Å². The third kappa shape index (κ3) is 2.78. The van der Waals surface area contributed by atoms with Crippen molar-refractivity contribution in [3.05, 3.63) is 35.1 Å². The van der Waals surface area contributed by atoms with Gasteiger partial charge in [-0.05, 0) is 17.7 Å². The topological polar surface area (TPSA) is 77.8 Å². The molecule has 16 heavy (non-hydrogen) atoms. The van der Waals surface area contributed by atoms with Gasteiger partial charge < -0.3 is 15.3 Å². The van der Waals surface area contributed by atoms with E-state index < -0.39 is 24.0 Å². The third-order valence-corrected chi connectivity index (χ3v) is 2.75. The second-order valence-electron chi connectivity index (χ2n) is 3.20. The Morgan fingerprint density at radius 2 is 2.06 bits per heavy atom. The summed E-state index contributed by atoms with van der Waals surface area (Å²) in [6.07, 6.45) is -2.52. The van der Waals surface area contributed by atoms with Crippen LogP contribution in [0.1, 0.15) is 22.0 Å². The summed E-state index contributed by atoms with van der Waals surface area (Å²) in [6.45, 7) is 0. The number of hydrogen-bond acceptors (Lipinski definition) is 3. The average Bonchev–Trinajstić information content (AvgIpc) is 2.26. The molecular formula is C10H10BrFO4. The normalized spacial score (nSPS) is 14.5. The minimum atomic E-state index is -1.37. The van der Waals surface area contributed by atoms with E-state index >= 15 is 0 Å². The molecule has 0 heterocycles. The van der Waals surface area contributed by atoms with E-state index in [1.807, 2.05) is 0 Å². The highest BCUT2D eigenvalue weighted by Gasteiger charge is 2.23. The summed E-state index contributed by atoms with van der Waals surface area (Å²) in [4.78, 5) is 10.8. The van der Waals surface area contributed by atoms with Gasteiger partial charge in [0, 0.05) is 5.33 Å². The number of carbonyl (C=O) groups is 1. The molecule has 6 heteroatoms. The predicted octanol–water partition coefficient (Wildman–Crippen LogP) is 1.31. The van der Waals surface area contributed by atoms with Crippen molar-refractivity contribution < 1.29 is 24.5 Å². The van der Waals surface area contributed by atoms with Crippen LogP contribution in [0.4, 0.5) is 4.39 Å². The van der Waals surface area contributed by atoms with Gasteiger partial charge in [0.05, 0.1) is 11.7 Å². The summed E-state index contributed by atoms with van der Waals surface area (Å²) in [7, 11) is 0. The van der Waals surface area contributed by atoms with Gasteiger partial charge in [0.25, 0.3) is 0 Å². The van der Waals surface area contributed by atoms with E-state index in [0.29, 0.717) is 0 Å². The fraction of sp³-hybridized carbons (Fsp3) is 0.300. The lowest BCUT2D eigenvalue weighted by Crippen LogP contribution is -2.21. The fourth-order valence-corrected chi connectivity index (χ4v) is 1.62. The minimum Gasteiger partial charge on any atom is -0.478 e. The van der Waals surface area contributed by atoms with E-state index in [4.69, 9.17) is 5.11 Å². The molecule has 0 bridgehead atoms. The lowest BCUT2D eigenvalue weighted by molar-refractivity contribution is 0.0327. The van der Waals surface area contributed by atoms with E-state index in [1.54, 1.807) is 0 Å². The van der Waals surface area contributed by atoms with Crippen LogP contribution in [0.15, 0.2) is 18.2 Å². The van der Waals surface area contributed by atoms with Gasteiger partial charge in [0.15, 0.2) is 0 Å². The number of alkyl halides is 1. The molecule has 0 aliphatic rings. The lowest BCUT2D eigenvalue weighted by Gasteiger charge is -2.17. The van der Waals surface area contributed by atoms with Gasteiger partial charge in [-0.15, -0.1) is 0 Å². The van der Waals surface area contributed by atoms with Crippen molar-refractivity contribution in [2.75, 3.05) is 5.33 Å². The van der Waals surface area contributed by atoms with E-state index in [2.05, 4.69) is 15.9 Å². The van der Waals surface area contributed by atoms with Crippen molar-refractivity contribution in [2.45, 2.75) is 12.2 Å². The maximum atomic E-state index is 12.8. The zero-order valence-electron chi connectivity index (χ0n) is 8.10. The number of hydrogen-bond donors (Lipinski definition) is 3. The quantitative estimate of drug-likeness (QED) is 0.732. The SMILES string of the molecule is O=C(O)c1cc(F)ccc1C(O)C(O)CBr. The minimum absolute atomic E-state index is 0.0131. The first-order valence-corrected chi connectivity index (χ1v) is 5.54. The van der Waals surface area contributed by atoms with Crippen LogP contribution in [0.3, 0.4) is 0 Å². The van der Waals surface area contributed by atoms with Crippen molar-refractivity contribution in [3.63, 3.8) is 0 Å². The summed E-state index contributed by atoms with van der Waals surface area (Å²) in [5.41, 5.74) is -0.367. The molecule has 0 radical (unpaired) electrons. The van der Waals surface area contributed by atoms with Gasteiger partial charge in [0.1, 0.15) is 11.9 Å². The monoisotopic (exact) mass is 292 g/mol. The Balaban J connectivity index is 3.17. The Kier molecular flexibility index (Phi) is 4.40. The second-order valence-corrected chi connectivity index (χ2v) is 3.85. The van der Waals surface area contributed by atoms with Crippen molar-refractivity contribution >= 4 is 21.9 Å². The summed E-state index contributed by atoms with van der Waals surface area (Å²) < 4.78 is 12.8. The first kappa shape index (κ1) is 13.1. The molecule has 1 rings (SSSR count). The lowest BCUT2D eigenvalue weighted by atomic mass is 9.99. The van der Waals surface area contributed by atoms with E-state index in [1.165, 1.54) is 0 Å². The number of carboxylic acid groups (broad SMARTS) is 1. The van der Waals surface area contributed by atoms with Crippen LogP contribution in [-0.2, 0) is 0 Å². The van der Waals surface area contributed by atoms with Gasteiger partial charge in [-0.25, -0.2) is 9.18 Å². The zero-order chi connectivity index (χ0) is 12.3. The highest BCUT2D eigenvalue weighted by atomic mass is 79.9. The number of aliphatic hydroxyl groups excluding tert-OH is 2. The molecule has 0 aliphatic carbocycles. The molecule has 2 atom stereocenters. The summed E-state index contributed by atoms with van der Waals surface area (Å²) in [5, 5.41) is 27.9. The smallest absolute Gasteiger partial charge is 0.336 e. The van der Waals surface area contributed by atoms with Crippen molar-refractivity contribution in [3.8, 4) is 0 Å². The molecule has 1 aromatic carbocycles. The highest BCUT2D eigenvalue weighted by Crippen LogP contribution is 2.23. The summed E-state index contributed by atoms with van der Waals surface area (Å²) in [6, 6.07) is 2.99. The van der Waals surface area contributed by atoms with Crippen LogP contribution in [0.2, 0.25) is 0 Å². The number of aliphatic hydroxyl groups is 2. The average molecular weight is 293 g/mol. The number of aromatic carboxylic acids is 1. The molecule has 0 saturated heterocycles. The van der Waals surface area contributed by atoms with Crippen molar-refractivity contribution in [1.29, 1.82) is 0 Å². The highest BCUT2D eigenvalue weighted by molar-refractivity contribution is 9.09. The maximum absolute atomic E-state index is 12.8. The van der Waals surface area contributed by atoms with Crippen LogP contribution < -0.4 is 0 Å². The predicted molar refractivity (Wildman–Crippen MR) is 58.1 cm³/mol. The molecule has 3 N–H and O–H groups in total. The fourth-order valence-electron chi connectivity index (χ4n) is 1.26. The molecule has 2 unspecified atom stereocenters. The summed E-state index contributed by atoms with van der Waals surface area (Å²) in [5.74, 6) is -2.06. The first-order chi connectivity index (χ1) is 7.47.